The zero-order valence-corrected chi connectivity index (χ0v) is 11.6. The molecule has 0 bridgehead atoms. The van der Waals surface area contributed by atoms with Crippen LogP contribution in [-0.4, -0.2) is 14.8 Å². The molecule has 0 saturated heterocycles. The van der Waals surface area contributed by atoms with E-state index in [0.717, 1.165) is 16.3 Å². The molecule has 2 heterocycles. The number of hydrogen-bond donors (Lipinski definition) is 1. The van der Waals surface area contributed by atoms with Crippen LogP contribution >= 0.6 is 15.9 Å². The third-order valence-corrected chi connectivity index (χ3v) is 3.08. The van der Waals surface area contributed by atoms with Crippen LogP contribution in [0, 0.1) is 0 Å². The molecule has 0 fully saturated rings. The Morgan fingerprint density at radius 3 is 2.65 bits per heavy atom. The summed E-state index contributed by atoms with van der Waals surface area (Å²) >= 11 is 3.30. The molecule has 2 aromatic rings. The lowest BCUT2D eigenvalue weighted by atomic mass is 10.2. The highest BCUT2D eigenvalue weighted by Gasteiger charge is 2.16. The number of rotatable bonds is 4. The van der Waals surface area contributed by atoms with E-state index in [1.54, 1.807) is 6.33 Å². The van der Waals surface area contributed by atoms with Crippen molar-refractivity contribution in [2.75, 3.05) is 0 Å². The van der Waals surface area contributed by atoms with Gasteiger partial charge in [0.1, 0.15) is 17.9 Å². The van der Waals surface area contributed by atoms with Crippen molar-refractivity contribution in [3.8, 4) is 0 Å². The molecule has 2 atom stereocenters. The summed E-state index contributed by atoms with van der Waals surface area (Å²) in [5.41, 5.74) is 0. The van der Waals surface area contributed by atoms with Crippen molar-refractivity contribution < 1.29 is 4.42 Å². The van der Waals surface area contributed by atoms with Crippen LogP contribution in [0.25, 0.3) is 0 Å². The first-order valence-electron chi connectivity index (χ1n) is 5.43. The van der Waals surface area contributed by atoms with E-state index in [1.807, 2.05) is 23.7 Å². The normalized spacial score (nSPS) is 14.8. The van der Waals surface area contributed by atoms with Crippen molar-refractivity contribution in [1.82, 2.24) is 20.1 Å². The molecular weight excluding hydrogens is 284 g/mol. The maximum absolute atomic E-state index is 5.51. The van der Waals surface area contributed by atoms with Gasteiger partial charge in [-0.3, -0.25) is 5.32 Å². The van der Waals surface area contributed by atoms with Crippen molar-refractivity contribution in [2.24, 2.45) is 7.05 Å². The Hall–Kier alpha value is -1.14. The number of nitrogens with one attached hydrogen (secondary N) is 1. The van der Waals surface area contributed by atoms with Crippen molar-refractivity contribution in [3.05, 3.63) is 34.7 Å². The van der Waals surface area contributed by atoms with E-state index in [9.17, 15) is 0 Å². The Kier molecular flexibility index (Phi) is 3.63. The Labute approximate surface area is 108 Å². The molecule has 0 spiro atoms. The van der Waals surface area contributed by atoms with Gasteiger partial charge in [0.2, 0.25) is 0 Å². The largest absolute Gasteiger partial charge is 0.453 e. The van der Waals surface area contributed by atoms with E-state index in [-0.39, 0.29) is 12.1 Å². The predicted molar refractivity (Wildman–Crippen MR) is 67.4 cm³/mol. The van der Waals surface area contributed by atoms with Gasteiger partial charge in [-0.05, 0) is 41.9 Å². The smallest absolute Gasteiger partial charge is 0.169 e. The molecule has 0 aromatic carbocycles. The lowest BCUT2D eigenvalue weighted by molar-refractivity contribution is 0.384. The highest BCUT2D eigenvalue weighted by Crippen LogP contribution is 2.22. The quantitative estimate of drug-likeness (QED) is 0.942. The van der Waals surface area contributed by atoms with Crippen molar-refractivity contribution in [2.45, 2.75) is 25.9 Å². The number of hydrogen-bond acceptors (Lipinski definition) is 4. The monoisotopic (exact) mass is 298 g/mol. The van der Waals surface area contributed by atoms with E-state index in [2.05, 4.69) is 45.3 Å². The Bertz CT molecular complexity index is 493. The molecule has 6 heteroatoms. The van der Waals surface area contributed by atoms with Crippen LogP contribution in [0.1, 0.15) is 37.5 Å². The molecule has 0 amide bonds. The number of nitrogens with zero attached hydrogens (tertiary/aromatic N) is 3. The summed E-state index contributed by atoms with van der Waals surface area (Å²) < 4.78 is 8.15. The van der Waals surface area contributed by atoms with Gasteiger partial charge in [0, 0.05) is 7.05 Å². The second-order valence-electron chi connectivity index (χ2n) is 4.05. The molecule has 2 aromatic heterocycles. The highest BCUT2D eigenvalue weighted by atomic mass is 79.9. The number of aromatic nitrogens is 3. The second-order valence-corrected chi connectivity index (χ2v) is 4.83. The standard InChI is InChI=1S/C11H15BrN4O/c1-7(9-4-5-10(12)17-9)14-8(2)11-15-13-6-16(11)3/h4-8,14H,1-3H3. The van der Waals surface area contributed by atoms with Crippen molar-refractivity contribution in [1.29, 1.82) is 0 Å². The maximum atomic E-state index is 5.51. The average Bonchev–Trinajstić information content (AvgIpc) is 2.86. The molecule has 2 rings (SSSR count). The molecule has 92 valence electrons. The number of halogens is 1. The fourth-order valence-electron chi connectivity index (χ4n) is 1.78. The Morgan fingerprint density at radius 1 is 1.35 bits per heavy atom. The zero-order chi connectivity index (χ0) is 12.4. The van der Waals surface area contributed by atoms with E-state index >= 15 is 0 Å². The first-order chi connectivity index (χ1) is 8.08. The van der Waals surface area contributed by atoms with Crippen LogP contribution in [0.2, 0.25) is 0 Å². The molecule has 17 heavy (non-hydrogen) atoms. The minimum atomic E-state index is 0.112. The molecule has 5 nitrogen and oxygen atoms in total. The van der Waals surface area contributed by atoms with Crippen LogP contribution in [-0.2, 0) is 7.05 Å². The van der Waals surface area contributed by atoms with Crippen LogP contribution in [0.15, 0.2) is 27.5 Å². The summed E-state index contributed by atoms with van der Waals surface area (Å²) in [4.78, 5) is 0. The van der Waals surface area contributed by atoms with Gasteiger partial charge in [0.25, 0.3) is 0 Å². The second kappa shape index (κ2) is 5.01. The summed E-state index contributed by atoms with van der Waals surface area (Å²) in [6.07, 6.45) is 1.70. The summed E-state index contributed by atoms with van der Waals surface area (Å²) in [6, 6.07) is 4.07. The number of aryl methyl sites for hydroxylation is 1. The van der Waals surface area contributed by atoms with Gasteiger partial charge in [-0.2, -0.15) is 0 Å². The topological polar surface area (TPSA) is 55.9 Å². The van der Waals surface area contributed by atoms with Gasteiger partial charge in [0.15, 0.2) is 4.67 Å². The Morgan fingerprint density at radius 2 is 2.12 bits per heavy atom. The van der Waals surface area contributed by atoms with Gasteiger partial charge in [0.05, 0.1) is 12.1 Å². The fourth-order valence-corrected chi connectivity index (χ4v) is 2.10. The minimum Gasteiger partial charge on any atom is -0.453 e. The summed E-state index contributed by atoms with van der Waals surface area (Å²) in [5, 5.41) is 11.4. The van der Waals surface area contributed by atoms with E-state index < -0.39 is 0 Å². The van der Waals surface area contributed by atoms with Crippen LogP contribution in [0.4, 0.5) is 0 Å². The van der Waals surface area contributed by atoms with Crippen LogP contribution < -0.4 is 5.32 Å². The van der Waals surface area contributed by atoms with E-state index in [4.69, 9.17) is 4.42 Å². The first-order valence-corrected chi connectivity index (χ1v) is 6.22. The third-order valence-electron chi connectivity index (χ3n) is 2.65. The lowest BCUT2D eigenvalue weighted by Crippen LogP contribution is -2.24. The minimum absolute atomic E-state index is 0.112. The van der Waals surface area contributed by atoms with Crippen LogP contribution in [0.3, 0.4) is 0 Å². The van der Waals surface area contributed by atoms with Gasteiger partial charge < -0.3 is 8.98 Å². The molecule has 0 radical (unpaired) electrons. The summed E-state index contributed by atoms with van der Waals surface area (Å²) in [5.74, 6) is 1.80. The van der Waals surface area contributed by atoms with E-state index in [1.165, 1.54) is 0 Å². The third kappa shape index (κ3) is 2.76. The number of furan rings is 1. The van der Waals surface area contributed by atoms with Crippen molar-refractivity contribution >= 4 is 15.9 Å². The molecule has 0 saturated carbocycles. The van der Waals surface area contributed by atoms with E-state index in [0.29, 0.717) is 0 Å². The molecule has 2 unspecified atom stereocenters. The molecular formula is C11H15BrN4O. The lowest BCUT2D eigenvalue weighted by Gasteiger charge is -2.17. The van der Waals surface area contributed by atoms with Gasteiger partial charge in [-0.1, -0.05) is 0 Å². The Balaban J connectivity index is 2.04. The first kappa shape index (κ1) is 12.3. The molecule has 1 N–H and O–H groups in total. The summed E-state index contributed by atoms with van der Waals surface area (Å²) in [6.45, 7) is 4.11. The molecule has 0 aliphatic heterocycles. The highest BCUT2D eigenvalue weighted by molar-refractivity contribution is 9.10. The summed E-state index contributed by atoms with van der Waals surface area (Å²) in [7, 11) is 1.93. The fraction of sp³-hybridized carbons (Fsp3) is 0.455. The van der Waals surface area contributed by atoms with Gasteiger partial charge in [-0.15, -0.1) is 10.2 Å². The SMILES string of the molecule is CC(NC(C)c1nncn1C)c1ccc(Br)o1. The molecule has 0 aliphatic rings. The maximum Gasteiger partial charge on any atom is 0.169 e. The average molecular weight is 299 g/mol. The molecule has 0 aliphatic carbocycles. The van der Waals surface area contributed by atoms with Crippen molar-refractivity contribution in [3.63, 3.8) is 0 Å². The predicted octanol–water partition coefficient (Wildman–Crippen LogP) is 2.58. The van der Waals surface area contributed by atoms with Crippen LogP contribution in [0.5, 0.6) is 0 Å². The van der Waals surface area contributed by atoms with Gasteiger partial charge in [-0.25, -0.2) is 0 Å². The van der Waals surface area contributed by atoms with Gasteiger partial charge >= 0.3 is 0 Å². The zero-order valence-electron chi connectivity index (χ0n) is 10.0.